The van der Waals surface area contributed by atoms with Crippen LogP contribution in [0, 0.1) is 13.8 Å². The number of rotatable bonds is 5. The average Bonchev–Trinajstić information content (AvgIpc) is 3.23. The van der Waals surface area contributed by atoms with Gasteiger partial charge in [-0.25, -0.2) is 9.48 Å². The molecule has 7 nitrogen and oxygen atoms in total. The number of benzene rings is 1. The van der Waals surface area contributed by atoms with Gasteiger partial charge < -0.3 is 10.6 Å². The molecule has 2 aromatic heterocycles. The van der Waals surface area contributed by atoms with Crippen molar-refractivity contribution in [1.29, 1.82) is 0 Å². The Balaban J connectivity index is 1.65. The van der Waals surface area contributed by atoms with Crippen LogP contribution >= 0.6 is 0 Å². The fourth-order valence-corrected chi connectivity index (χ4v) is 2.68. The summed E-state index contributed by atoms with van der Waals surface area (Å²) in [4.78, 5) is 12.1. The molecular weight excluding hydrogens is 316 g/mol. The van der Waals surface area contributed by atoms with E-state index in [2.05, 4.69) is 45.0 Å². The first-order chi connectivity index (χ1) is 12.0. The maximum absolute atomic E-state index is 12.1. The van der Waals surface area contributed by atoms with E-state index in [4.69, 9.17) is 0 Å². The highest BCUT2D eigenvalue weighted by atomic mass is 16.2. The van der Waals surface area contributed by atoms with Crippen LogP contribution in [-0.2, 0) is 6.54 Å². The number of urea groups is 1. The SMILES string of the molecule is Cc1ccc(-n2ncc([C@@H](C)NC(=O)NCc3ccn[nH]3)c2C)cc1. The van der Waals surface area contributed by atoms with Gasteiger partial charge in [0.2, 0.25) is 0 Å². The lowest BCUT2D eigenvalue weighted by molar-refractivity contribution is 0.237. The number of hydrogen-bond donors (Lipinski definition) is 3. The van der Waals surface area contributed by atoms with Gasteiger partial charge in [0.1, 0.15) is 0 Å². The topological polar surface area (TPSA) is 87.6 Å². The molecule has 0 spiro atoms. The third kappa shape index (κ3) is 3.88. The molecule has 0 bridgehead atoms. The van der Waals surface area contributed by atoms with Gasteiger partial charge >= 0.3 is 6.03 Å². The summed E-state index contributed by atoms with van der Waals surface area (Å²) in [6.07, 6.45) is 3.45. The van der Waals surface area contributed by atoms with E-state index < -0.39 is 0 Å². The van der Waals surface area contributed by atoms with Crippen LogP contribution in [-0.4, -0.2) is 26.0 Å². The van der Waals surface area contributed by atoms with Gasteiger partial charge in [0.15, 0.2) is 0 Å². The number of hydrogen-bond acceptors (Lipinski definition) is 3. The summed E-state index contributed by atoms with van der Waals surface area (Å²) in [5.41, 5.74) is 5.05. The highest BCUT2D eigenvalue weighted by Crippen LogP contribution is 2.20. The molecule has 0 aliphatic carbocycles. The van der Waals surface area contributed by atoms with Crippen molar-refractivity contribution in [3.8, 4) is 5.69 Å². The maximum atomic E-state index is 12.1. The van der Waals surface area contributed by atoms with Crippen LogP contribution in [0.5, 0.6) is 0 Å². The monoisotopic (exact) mass is 338 g/mol. The number of nitrogens with zero attached hydrogens (tertiary/aromatic N) is 3. The number of carbonyl (C=O) groups excluding carboxylic acids is 1. The van der Waals surface area contributed by atoms with Crippen molar-refractivity contribution in [3.63, 3.8) is 0 Å². The van der Waals surface area contributed by atoms with Gasteiger partial charge in [-0.3, -0.25) is 5.10 Å². The molecule has 2 heterocycles. The Bertz CT molecular complexity index is 835. The first kappa shape index (κ1) is 16.8. The molecule has 0 aliphatic rings. The van der Waals surface area contributed by atoms with Gasteiger partial charge in [0.05, 0.1) is 30.2 Å². The molecule has 0 unspecified atom stereocenters. The number of carbonyl (C=O) groups is 1. The van der Waals surface area contributed by atoms with E-state index in [-0.39, 0.29) is 12.1 Å². The summed E-state index contributed by atoms with van der Waals surface area (Å²) >= 11 is 0. The van der Waals surface area contributed by atoms with Gasteiger partial charge in [-0.1, -0.05) is 17.7 Å². The molecule has 1 atom stereocenters. The van der Waals surface area contributed by atoms with Crippen LogP contribution in [0.2, 0.25) is 0 Å². The molecule has 3 aromatic rings. The molecule has 2 amide bonds. The summed E-state index contributed by atoms with van der Waals surface area (Å²) in [5.74, 6) is 0. The van der Waals surface area contributed by atoms with E-state index in [1.807, 2.05) is 36.7 Å². The number of nitrogens with one attached hydrogen (secondary N) is 3. The largest absolute Gasteiger partial charge is 0.333 e. The Labute approximate surface area is 146 Å². The van der Waals surface area contributed by atoms with Crippen molar-refractivity contribution in [3.05, 3.63) is 65.2 Å². The minimum absolute atomic E-state index is 0.152. The molecule has 0 saturated heterocycles. The van der Waals surface area contributed by atoms with E-state index in [0.717, 1.165) is 22.6 Å². The molecule has 25 heavy (non-hydrogen) atoms. The van der Waals surface area contributed by atoms with Crippen molar-refractivity contribution >= 4 is 6.03 Å². The first-order valence-electron chi connectivity index (χ1n) is 8.19. The lowest BCUT2D eigenvalue weighted by atomic mass is 10.1. The van der Waals surface area contributed by atoms with Gasteiger partial charge in [-0.05, 0) is 39.0 Å². The summed E-state index contributed by atoms with van der Waals surface area (Å²) in [6, 6.07) is 9.62. The molecule has 3 N–H and O–H groups in total. The zero-order valence-corrected chi connectivity index (χ0v) is 14.6. The fourth-order valence-electron chi connectivity index (χ4n) is 2.68. The van der Waals surface area contributed by atoms with Crippen LogP contribution in [0.25, 0.3) is 5.69 Å². The number of aryl methyl sites for hydroxylation is 1. The molecule has 0 saturated carbocycles. The molecule has 130 valence electrons. The summed E-state index contributed by atoms with van der Waals surface area (Å²) < 4.78 is 1.88. The van der Waals surface area contributed by atoms with Crippen molar-refractivity contribution < 1.29 is 4.79 Å². The van der Waals surface area contributed by atoms with Crippen molar-refractivity contribution in [2.45, 2.75) is 33.4 Å². The van der Waals surface area contributed by atoms with Crippen LogP contribution in [0.4, 0.5) is 4.79 Å². The second kappa shape index (κ2) is 7.21. The van der Waals surface area contributed by atoms with Crippen LogP contribution < -0.4 is 10.6 Å². The minimum Gasteiger partial charge on any atom is -0.333 e. The number of aromatic amines is 1. The van der Waals surface area contributed by atoms with Gasteiger partial charge in [-0.2, -0.15) is 10.2 Å². The molecular formula is C18H22N6O. The number of aromatic nitrogens is 4. The Morgan fingerprint density at radius 1 is 1.24 bits per heavy atom. The highest BCUT2D eigenvalue weighted by Gasteiger charge is 2.16. The summed E-state index contributed by atoms with van der Waals surface area (Å²) in [5, 5.41) is 16.9. The Hall–Kier alpha value is -3.09. The van der Waals surface area contributed by atoms with Gasteiger partial charge in [0.25, 0.3) is 0 Å². The number of H-pyrrole nitrogens is 1. The van der Waals surface area contributed by atoms with Crippen molar-refractivity contribution in [2.24, 2.45) is 0 Å². The Morgan fingerprint density at radius 3 is 2.68 bits per heavy atom. The van der Waals surface area contributed by atoms with Crippen LogP contribution in [0.3, 0.4) is 0 Å². The maximum Gasteiger partial charge on any atom is 0.315 e. The Morgan fingerprint density at radius 2 is 2.00 bits per heavy atom. The molecule has 3 rings (SSSR count). The van der Waals surface area contributed by atoms with Crippen molar-refractivity contribution in [2.75, 3.05) is 0 Å². The third-order valence-electron chi connectivity index (χ3n) is 4.14. The van der Waals surface area contributed by atoms with Crippen molar-refractivity contribution in [1.82, 2.24) is 30.6 Å². The lowest BCUT2D eigenvalue weighted by Crippen LogP contribution is -2.36. The van der Waals surface area contributed by atoms with E-state index in [1.54, 1.807) is 12.4 Å². The summed E-state index contributed by atoms with van der Waals surface area (Å²) in [6.45, 7) is 6.40. The zero-order valence-electron chi connectivity index (χ0n) is 14.6. The third-order valence-corrected chi connectivity index (χ3v) is 4.14. The van der Waals surface area contributed by atoms with E-state index >= 15 is 0 Å². The Kier molecular flexibility index (Phi) is 4.83. The van der Waals surface area contributed by atoms with Gasteiger partial charge in [0, 0.05) is 17.5 Å². The van der Waals surface area contributed by atoms with E-state index in [1.165, 1.54) is 5.56 Å². The van der Waals surface area contributed by atoms with E-state index in [0.29, 0.717) is 6.54 Å². The minimum atomic E-state index is -0.232. The van der Waals surface area contributed by atoms with Crippen LogP contribution in [0.15, 0.2) is 42.7 Å². The molecule has 1 aromatic carbocycles. The normalized spacial score (nSPS) is 12.0. The predicted octanol–water partition coefficient (Wildman–Crippen LogP) is 2.77. The quantitative estimate of drug-likeness (QED) is 0.668. The molecule has 0 aliphatic heterocycles. The molecule has 7 heteroatoms. The fraction of sp³-hybridized carbons (Fsp3) is 0.278. The highest BCUT2D eigenvalue weighted by molar-refractivity contribution is 5.74. The predicted molar refractivity (Wildman–Crippen MR) is 95.4 cm³/mol. The zero-order chi connectivity index (χ0) is 17.8. The smallest absolute Gasteiger partial charge is 0.315 e. The second-order valence-corrected chi connectivity index (χ2v) is 6.06. The standard InChI is InChI=1S/C18H22N6O/c1-12-4-6-16(7-5-12)24-14(3)17(11-21-24)13(2)22-18(25)19-10-15-8-9-20-23-15/h4-9,11,13H,10H2,1-3H3,(H,20,23)(H2,19,22,25)/t13-/m1/s1. The van der Waals surface area contributed by atoms with Gasteiger partial charge in [-0.15, -0.1) is 0 Å². The first-order valence-corrected chi connectivity index (χ1v) is 8.19. The second-order valence-electron chi connectivity index (χ2n) is 6.06. The molecule has 0 radical (unpaired) electrons. The number of amides is 2. The van der Waals surface area contributed by atoms with Crippen LogP contribution in [0.1, 0.15) is 35.5 Å². The van der Waals surface area contributed by atoms with E-state index in [9.17, 15) is 4.79 Å². The molecule has 0 fully saturated rings. The summed E-state index contributed by atoms with van der Waals surface area (Å²) in [7, 11) is 0. The lowest BCUT2D eigenvalue weighted by Gasteiger charge is -2.14. The average molecular weight is 338 g/mol.